The molecule has 0 atom stereocenters. The molecule has 5 nitrogen and oxygen atoms in total. The lowest BCUT2D eigenvalue weighted by Crippen LogP contribution is -2.26. The summed E-state index contributed by atoms with van der Waals surface area (Å²) >= 11 is 0. The van der Waals surface area contributed by atoms with Crippen molar-refractivity contribution < 1.29 is 18.7 Å². The van der Waals surface area contributed by atoms with E-state index in [1.165, 1.54) is 6.07 Å². The molecule has 0 unspecified atom stereocenters. The first-order chi connectivity index (χ1) is 15.5. The summed E-state index contributed by atoms with van der Waals surface area (Å²) < 4.78 is 28.0. The maximum absolute atomic E-state index is 14.6. The van der Waals surface area contributed by atoms with Gasteiger partial charge in [0.2, 0.25) is 11.9 Å². The van der Waals surface area contributed by atoms with Crippen molar-refractivity contribution in [2.75, 3.05) is 0 Å². The molecular weight excluding hydrogens is 436 g/mol. The van der Waals surface area contributed by atoms with E-state index in [0.717, 1.165) is 17.2 Å². The van der Waals surface area contributed by atoms with Gasteiger partial charge in [-0.25, -0.2) is 9.78 Å². The zero-order valence-electron chi connectivity index (χ0n) is 20.9. The zero-order valence-corrected chi connectivity index (χ0v) is 20.9. The Kier molecular flexibility index (Phi) is 6.37. The van der Waals surface area contributed by atoms with Gasteiger partial charge in [0.25, 0.3) is 0 Å². The number of nitrogens with zero attached hydrogens (tertiary/aromatic N) is 3. The molecule has 0 aliphatic rings. The van der Waals surface area contributed by atoms with Crippen LogP contribution in [0.15, 0.2) is 36.4 Å². The van der Waals surface area contributed by atoms with Crippen LogP contribution in [0.4, 0.5) is 8.78 Å². The van der Waals surface area contributed by atoms with E-state index in [9.17, 15) is 18.7 Å². The molecule has 0 saturated heterocycles. The summed E-state index contributed by atoms with van der Waals surface area (Å²) in [6, 6.07) is 9.62. The van der Waals surface area contributed by atoms with Crippen molar-refractivity contribution in [1.29, 1.82) is 0 Å². The second kappa shape index (κ2) is 8.53. The molecule has 0 bridgehead atoms. The van der Waals surface area contributed by atoms with Crippen LogP contribution in [0.1, 0.15) is 88.4 Å². The summed E-state index contributed by atoms with van der Waals surface area (Å²) in [6.07, 6.45) is 0. The Morgan fingerprint density at radius 3 is 1.79 bits per heavy atom. The Morgan fingerprint density at radius 2 is 1.29 bits per heavy atom. The second-order valence-corrected chi connectivity index (χ2v) is 11.2. The number of hydrogen-bond acceptors (Lipinski definition) is 4. The lowest BCUT2D eigenvalue weighted by Gasteiger charge is -2.29. The first-order valence-corrected chi connectivity index (χ1v) is 11.1. The maximum atomic E-state index is 14.6. The van der Waals surface area contributed by atoms with Gasteiger partial charge in [0.15, 0.2) is 0 Å². The number of aromatic carboxylic acids is 1. The third kappa shape index (κ3) is 5.13. The minimum atomic E-state index is -1.11. The van der Waals surface area contributed by atoms with Gasteiger partial charge in [-0.05, 0) is 72.2 Å². The Labute approximate surface area is 199 Å². The summed E-state index contributed by atoms with van der Waals surface area (Å²) in [5.74, 6) is -2.96. The van der Waals surface area contributed by atoms with Crippen molar-refractivity contribution in [2.24, 2.45) is 0 Å². The molecule has 0 amide bonds. The Bertz CT molecular complexity index is 1260. The highest BCUT2D eigenvalue weighted by Gasteiger charge is 2.32. The highest BCUT2D eigenvalue weighted by Crippen LogP contribution is 2.37. The molecule has 3 aromatic heterocycles. The number of pyridine rings is 3. The van der Waals surface area contributed by atoms with Crippen LogP contribution < -0.4 is 0 Å². The van der Waals surface area contributed by atoms with Crippen LogP contribution in [0.25, 0.3) is 11.3 Å². The fourth-order valence-corrected chi connectivity index (χ4v) is 3.55. The third-order valence-corrected chi connectivity index (χ3v) is 5.97. The Hall–Kier alpha value is -3.22. The fraction of sp³-hybridized carbons (Fsp3) is 0.407. The maximum Gasteiger partial charge on any atom is 0.354 e. The number of carboxylic acids is 1. The van der Waals surface area contributed by atoms with Crippen LogP contribution in [0, 0.1) is 11.9 Å². The van der Waals surface area contributed by atoms with Crippen molar-refractivity contribution in [1.82, 2.24) is 15.0 Å². The Morgan fingerprint density at radius 1 is 0.765 bits per heavy atom. The number of hydrogen-bond donors (Lipinski definition) is 1. The van der Waals surface area contributed by atoms with E-state index in [2.05, 4.69) is 9.97 Å². The third-order valence-electron chi connectivity index (χ3n) is 5.97. The minimum Gasteiger partial charge on any atom is -0.477 e. The molecule has 3 rings (SSSR count). The number of aromatic nitrogens is 3. The average molecular weight is 468 g/mol. The number of carboxylic acid groups (broad SMARTS) is 1. The van der Waals surface area contributed by atoms with Crippen LogP contribution >= 0.6 is 0 Å². The standard InChI is InChI=1S/C27H31F2N3O2/c1-25(2,3)15-11-18(17-9-10-22(28)32-23(17)29)30-20(13-15)27(7,8)21-14-16(26(4,5)6)12-19(31-21)24(33)34/h9-14H,1-8H3,(H,33,34). The lowest BCUT2D eigenvalue weighted by atomic mass is 9.78. The molecular formula is C27H31F2N3O2. The smallest absolute Gasteiger partial charge is 0.354 e. The minimum absolute atomic E-state index is 0.0449. The quantitative estimate of drug-likeness (QED) is 0.447. The van der Waals surface area contributed by atoms with Gasteiger partial charge in [-0.3, -0.25) is 4.98 Å². The van der Waals surface area contributed by atoms with E-state index in [1.807, 2.05) is 67.5 Å². The van der Waals surface area contributed by atoms with Gasteiger partial charge >= 0.3 is 5.97 Å². The molecule has 3 heterocycles. The van der Waals surface area contributed by atoms with Gasteiger partial charge in [0, 0.05) is 5.41 Å². The van der Waals surface area contributed by atoms with Crippen molar-refractivity contribution in [2.45, 2.75) is 71.6 Å². The molecule has 0 saturated carbocycles. The molecule has 34 heavy (non-hydrogen) atoms. The van der Waals surface area contributed by atoms with E-state index in [4.69, 9.17) is 4.98 Å². The molecule has 0 aliphatic carbocycles. The second-order valence-electron chi connectivity index (χ2n) is 11.2. The summed E-state index contributed by atoms with van der Waals surface area (Å²) in [5.41, 5.74) is 1.83. The monoisotopic (exact) mass is 467 g/mol. The van der Waals surface area contributed by atoms with Crippen molar-refractivity contribution in [3.8, 4) is 11.3 Å². The summed E-state index contributed by atoms with van der Waals surface area (Å²) in [4.78, 5) is 24.3. The van der Waals surface area contributed by atoms with Crippen LogP contribution in [-0.4, -0.2) is 26.0 Å². The Balaban J connectivity index is 2.29. The first kappa shape index (κ1) is 25.4. The lowest BCUT2D eigenvalue weighted by molar-refractivity contribution is 0.0689. The van der Waals surface area contributed by atoms with Crippen LogP contribution in [-0.2, 0) is 16.2 Å². The van der Waals surface area contributed by atoms with E-state index >= 15 is 0 Å². The predicted molar refractivity (Wildman–Crippen MR) is 128 cm³/mol. The van der Waals surface area contributed by atoms with E-state index in [0.29, 0.717) is 17.1 Å². The van der Waals surface area contributed by atoms with Gasteiger partial charge in [0.05, 0.1) is 22.6 Å². The number of carbonyl (C=O) groups is 1. The zero-order chi connectivity index (χ0) is 25.6. The highest BCUT2D eigenvalue weighted by atomic mass is 19.1. The van der Waals surface area contributed by atoms with Crippen molar-refractivity contribution >= 4 is 5.97 Å². The molecule has 3 aromatic rings. The highest BCUT2D eigenvalue weighted by molar-refractivity contribution is 5.85. The molecule has 0 radical (unpaired) electrons. The summed E-state index contributed by atoms with van der Waals surface area (Å²) in [6.45, 7) is 15.9. The van der Waals surface area contributed by atoms with E-state index in [-0.39, 0.29) is 22.1 Å². The summed E-state index contributed by atoms with van der Waals surface area (Å²) in [5, 5.41) is 9.67. The van der Waals surface area contributed by atoms with E-state index in [1.54, 1.807) is 12.1 Å². The van der Waals surface area contributed by atoms with Gasteiger partial charge in [0.1, 0.15) is 5.69 Å². The molecule has 0 aromatic carbocycles. The fourth-order valence-electron chi connectivity index (χ4n) is 3.55. The SMILES string of the molecule is CC(C)(C)c1cc(C(=O)O)nc(C(C)(C)c2cc(C(C)(C)C)cc(-c3ccc(F)nc3F)n2)c1. The number of halogens is 2. The molecule has 0 spiro atoms. The van der Waals surface area contributed by atoms with Gasteiger partial charge in [-0.1, -0.05) is 41.5 Å². The topological polar surface area (TPSA) is 76.0 Å². The summed E-state index contributed by atoms with van der Waals surface area (Å²) in [7, 11) is 0. The largest absolute Gasteiger partial charge is 0.477 e. The predicted octanol–water partition coefficient (Wildman–Crippen LogP) is 6.44. The van der Waals surface area contributed by atoms with Crippen LogP contribution in [0.5, 0.6) is 0 Å². The molecule has 0 fully saturated rings. The molecule has 7 heteroatoms. The first-order valence-electron chi connectivity index (χ1n) is 11.1. The van der Waals surface area contributed by atoms with Gasteiger partial charge < -0.3 is 5.11 Å². The van der Waals surface area contributed by atoms with Gasteiger partial charge in [-0.2, -0.15) is 13.8 Å². The molecule has 180 valence electrons. The number of rotatable bonds is 4. The van der Waals surface area contributed by atoms with Gasteiger partial charge in [-0.15, -0.1) is 0 Å². The average Bonchev–Trinajstić information content (AvgIpc) is 2.71. The van der Waals surface area contributed by atoms with Crippen LogP contribution in [0.2, 0.25) is 0 Å². The normalized spacial score (nSPS) is 12.6. The van der Waals surface area contributed by atoms with Crippen molar-refractivity contribution in [3.05, 3.63) is 76.5 Å². The van der Waals surface area contributed by atoms with Crippen molar-refractivity contribution in [3.63, 3.8) is 0 Å². The van der Waals surface area contributed by atoms with E-state index < -0.39 is 23.3 Å². The molecule has 0 aliphatic heterocycles. The molecule has 1 N–H and O–H groups in total. The van der Waals surface area contributed by atoms with Crippen LogP contribution in [0.3, 0.4) is 0 Å².